The number of rotatable bonds is 4. The predicted molar refractivity (Wildman–Crippen MR) is 128 cm³/mol. The Morgan fingerprint density at radius 1 is 1.06 bits per heavy atom. The highest BCUT2D eigenvalue weighted by atomic mass is 16.2. The van der Waals surface area contributed by atoms with Crippen molar-refractivity contribution in [1.29, 1.82) is 0 Å². The number of fused-ring (bicyclic) bond motifs is 4. The molecule has 0 aliphatic carbocycles. The zero-order valence-electron chi connectivity index (χ0n) is 19.7. The molecule has 34 heavy (non-hydrogen) atoms. The lowest BCUT2D eigenvalue weighted by atomic mass is 9.76. The summed E-state index contributed by atoms with van der Waals surface area (Å²) in [7, 11) is 1.71. The van der Waals surface area contributed by atoms with Gasteiger partial charge in [-0.2, -0.15) is 0 Å². The van der Waals surface area contributed by atoms with Crippen LogP contribution in [0.5, 0.6) is 0 Å². The summed E-state index contributed by atoms with van der Waals surface area (Å²) in [6, 6.07) is 13.8. The van der Waals surface area contributed by atoms with Crippen LogP contribution in [0, 0.1) is 17.8 Å². The van der Waals surface area contributed by atoms with Gasteiger partial charge in [0, 0.05) is 37.0 Å². The largest absolute Gasteiger partial charge is 0.326 e. The highest BCUT2D eigenvalue weighted by molar-refractivity contribution is 6.26. The van der Waals surface area contributed by atoms with Crippen LogP contribution >= 0.6 is 0 Å². The number of hydrogen-bond donors (Lipinski definition) is 2. The smallest absolute Gasteiger partial charge is 0.252 e. The molecule has 4 amide bonds. The first-order valence-corrected chi connectivity index (χ1v) is 11.6. The fraction of sp³-hybridized carbons (Fsp3) is 0.385. The fourth-order valence-corrected chi connectivity index (χ4v) is 5.92. The van der Waals surface area contributed by atoms with Gasteiger partial charge in [-0.15, -0.1) is 0 Å². The van der Waals surface area contributed by atoms with Crippen LogP contribution in [0.4, 0.5) is 17.1 Å². The second kappa shape index (κ2) is 7.77. The van der Waals surface area contributed by atoms with Gasteiger partial charge < -0.3 is 10.2 Å². The third kappa shape index (κ3) is 3.01. The van der Waals surface area contributed by atoms with Crippen molar-refractivity contribution in [3.8, 4) is 0 Å². The van der Waals surface area contributed by atoms with E-state index in [0.29, 0.717) is 17.8 Å². The molecule has 0 unspecified atom stereocenters. The second-order valence-electron chi connectivity index (χ2n) is 9.81. The number of anilines is 3. The van der Waals surface area contributed by atoms with Gasteiger partial charge in [-0.1, -0.05) is 32.0 Å². The van der Waals surface area contributed by atoms with E-state index < -0.39 is 17.4 Å². The number of nitrogens with zero attached hydrogens (tertiary/aromatic N) is 2. The molecule has 1 spiro atoms. The fourth-order valence-electron chi connectivity index (χ4n) is 5.92. The average Bonchev–Trinajstić information content (AvgIpc) is 3.33. The van der Waals surface area contributed by atoms with Crippen LogP contribution < -0.4 is 20.4 Å². The number of carbonyl (C=O) groups is 4. The summed E-state index contributed by atoms with van der Waals surface area (Å²) in [6.07, 6.45) is 0.663. The molecular weight excluding hydrogens is 432 g/mol. The highest BCUT2D eigenvalue weighted by Gasteiger charge is 2.71. The zero-order valence-corrected chi connectivity index (χ0v) is 19.7. The van der Waals surface area contributed by atoms with E-state index in [4.69, 9.17) is 0 Å². The van der Waals surface area contributed by atoms with Crippen LogP contribution in [-0.2, 0) is 24.7 Å². The van der Waals surface area contributed by atoms with Gasteiger partial charge in [0.15, 0.2) is 0 Å². The van der Waals surface area contributed by atoms with Crippen molar-refractivity contribution in [2.24, 2.45) is 17.8 Å². The molecule has 0 saturated carbocycles. The van der Waals surface area contributed by atoms with E-state index >= 15 is 0 Å². The van der Waals surface area contributed by atoms with Crippen molar-refractivity contribution in [3.63, 3.8) is 0 Å². The monoisotopic (exact) mass is 460 g/mol. The second-order valence-corrected chi connectivity index (χ2v) is 9.81. The number of para-hydroxylation sites is 1. The molecule has 3 heterocycles. The number of nitrogens with one attached hydrogen (secondary N) is 2. The van der Waals surface area contributed by atoms with Crippen molar-refractivity contribution in [1.82, 2.24) is 5.32 Å². The molecule has 8 heteroatoms. The van der Waals surface area contributed by atoms with Crippen LogP contribution in [0.2, 0.25) is 0 Å². The van der Waals surface area contributed by atoms with Gasteiger partial charge in [0.25, 0.3) is 5.91 Å². The normalized spacial score (nSPS) is 27.7. The van der Waals surface area contributed by atoms with Gasteiger partial charge in [0.05, 0.1) is 17.5 Å². The third-order valence-corrected chi connectivity index (χ3v) is 7.17. The molecular formula is C26H28N4O4. The Kier molecular flexibility index (Phi) is 5.09. The van der Waals surface area contributed by atoms with Gasteiger partial charge in [0.2, 0.25) is 17.7 Å². The minimum Gasteiger partial charge on any atom is -0.326 e. The first-order valence-electron chi connectivity index (χ1n) is 11.6. The summed E-state index contributed by atoms with van der Waals surface area (Å²) in [5.74, 6) is -2.30. The quantitative estimate of drug-likeness (QED) is 0.684. The number of benzene rings is 2. The van der Waals surface area contributed by atoms with E-state index in [9.17, 15) is 19.2 Å². The molecule has 4 atom stereocenters. The van der Waals surface area contributed by atoms with E-state index in [1.165, 1.54) is 11.8 Å². The molecule has 2 aromatic rings. The molecule has 3 aliphatic heterocycles. The first kappa shape index (κ1) is 22.3. The molecule has 2 fully saturated rings. The van der Waals surface area contributed by atoms with E-state index in [2.05, 4.69) is 24.5 Å². The average molecular weight is 461 g/mol. The molecule has 0 bridgehead atoms. The van der Waals surface area contributed by atoms with E-state index in [0.717, 1.165) is 11.3 Å². The molecule has 3 aliphatic rings. The Morgan fingerprint density at radius 3 is 2.38 bits per heavy atom. The van der Waals surface area contributed by atoms with Crippen molar-refractivity contribution in [2.75, 3.05) is 22.2 Å². The number of imide groups is 1. The molecule has 8 nitrogen and oxygen atoms in total. The number of carbonyl (C=O) groups excluding carboxylic acids is 4. The lowest BCUT2D eigenvalue weighted by Crippen LogP contribution is -2.54. The SMILES string of the molecule is CC(=O)Nc1ccc(N2C(=O)[C@H]3[C@H](CC(C)C)N[C@]4(C(=O)N(C)c5ccccc54)[C@@H]3C2=O)cc1. The maximum atomic E-state index is 13.9. The van der Waals surface area contributed by atoms with Crippen LogP contribution in [0.3, 0.4) is 0 Å². The number of amides is 4. The standard InChI is InChI=1S/C26H28N4O4/c1-14(2)13-19-21-22(26(28-19)18-7-5-6-8-20(18)29(4)25(26)34)24(33)30(23(21)32)17-11-9-16(10-12-17)27-15(3)31/h5-12,14,19,21-22,28H,13H2,1-4H3,(H,27,31)/t19-,21-,22-,26-/m0/s1. The number of hydrogen-bond acceptors (Lipinski definition) is 5. The van der Waals surface area contributed by atoms with Gasteiger partial charge in [-0.25, -0.2) is 4.90 Å². The van der Waals surface area contributed by atoms with Crippen molar-refractivity contribution in [2.45, 2.75) is 38.8 Å². The van der Waals surface area contributed by atoms with Gasteiger partial charge >= 0.3 is 0 Å². The molecule has 0 aromatic heterocycles. The van der Waals surface area contributed by atoms with Crippen LogP contribution in [0.1, 0.15) is 32.8 Å². The lowest BCUT2D eigenvalue weighted by Gasteiger charge is -2.30. The van der Waals surface area contributed by atoms with Crippen molar-refractivity contribution in [3.05, 3.63) is 54.1 Å². The Balaban J connectivity index is 1.61. The Labute approximate surface area is 198 Å². The van der Waals surface area contributed by atoms with Crippen molar-refractivity contribution < 1.29 is 19.2 Å². The maximum absolute atomic E-state index is 13.9. The Morgan fingerprint density at radius 2 is 1.74 bits per heavy atom. The van der Waals surface area contributed by atoms with Crippen molar-refractivity contribution >= 4 is 40.7 Å². The maximum Gasteiger partial charge on any atom is 0.252 e. The van der Waals surface area contributed by atoms with Crippen LogP contribution in [-0.4, -0.2) is 36.7 Å². The first-order chi connectivity index (χ1) is 16.2. The molecule has 2 N–H and O–H groups in total. The summed E-state index contributed by atoms with van der Waals surface area (Å²) in [4.78, 5) is 55.6. The zero-order chi connectivity index (χ0) is 24.4. The molecule has 5 rings (SSSR count). The molecule has 2 saturated heterocycles. The summed E-state index contributed by atoms with van der Waals surface area (Å²) in [5, 5.41) is 6.18. The van der Waals surface area contributed by atoms with E-state index in [-0.39, 0.29) is 35.6 Å². The number of likely N-dealkylation sites (N-methyl/N-ethyl adjacent to an activating group) is 1. The minimum atomic E-state index is -1.27. The van der Waals surface area contributed by atoms with Gasteiger partial charge in [-0.3, -0.25) is 24.5 Å². The minimum absolute atomic E-state index is 0.206. The third-order valence-electron chi connectivity index (χ3n) is 7.17. The summed E-state index contributed by atoms with van der Waals surface area (Å²) in [5.41, 5.74) is 1.24. The Hall–Kier alpha value is -3.52. The van der Waals surface area contributed by atoms with E-state index in [1.807, 2.05) is 24.3 Å². The molecule has 0 radical (unpaired) electrons. The highest BCUT2D eigenvalue weighted by Crippen LogP contribution is 2.55. The Bertz CT molecular complexity index is 1210. The molecule has 176 valence electrons. The topological polar surface area (TPSA) is 98.8 Å². The van der Waals surface area contributed by atoms with Crippen LogP contribution in [0.15, 0.2) is 48.5 Å². The van der Waals surface area contributed by atoms with Gasteiger partial charge in [0.1, 0.15) is 5.54 Å². The predicted octanol–water partition coefficient (Wildman–Crippen LogP) is 2.64. The lowest BCUT2D eigenvalue weighted by molar-refractivity contribution is -0.131. The summed E-state index contributed by atoms with van der Waals surface area (Å²) in [6.45, 7) is 5.55. The summed E-state index contributed by atoms with van der Waals surface area (Å²) < 4.78 is 0. The van der Waals surface area contributed by atoms with Crippen LogP contribution in [0.25, 0.3) is 0 Å². The van der Waals surface area contributed by atoms with Gasteiger partial charge in [-0.05, 0) is 42.7 Å². The van der Waals surface area contributed by atoms with E-state index in [1.54, 1.807) is 36.2 Å². The summed E-state index contributed by atoms with van der Waals surface area (Å²) >= 11 is 0. The molecule has 2 aromatic carbocycles.